The fourth-order valence-electron chi connectivity index (χ4n) is 1.12. The van der Waals surface area contributed by atoms with Crippen LogP contribution < -0.4 is 0 Å². The van der Waals surface area contributed by atoms with E-state index < -0.39 is 5.97 Å². The number of carbonyl (C=O) groups excluding carboxylic acids is 1. The summed E-state index contributed by atoms with van der Waals surface area (Å²) in [5.74, 6) is -1.20. The number of aldehydes is 1. The number of rotatable bonds is 2. The Kier molecular flexibility index (Phi) is 2.63. The van der Waals surface area contributed by atoms with Crippen LogP contribution in [0.2, 0.25) is 0 Å². The third-order valence-corrected chi connectivity index (χ3v) is 1.88. The van der Waals surface area contributed by atoms with Gasteiger partial charge in [-0.25, -0.2) is 4.79 Å². The summed E-state index contributed by atoms with van der Waals surface area (Å²) in [5, 5.41) is 17.4. The van der Waals surface area contributed by atoms with Gasteiger partial charge in [-0.05, 0) is 24.6 Å². The van der Waals surface area contributed by atoms with E-state index >= 15 is 0 Å². The number of hydrogen-bond donors (Lipinski definition) is 1. The molecule has 1 aromatic rings. The van der Waals surface area contributed by atoms with Crippen molar-refractivity contribution >= 4 is 12.3 Å². The molecule has 0 fully saturated rings. The zero-order chi connectivity index (χ0) is 10.7. The van der Waals surface area contributed by atoms with E-state index in [-0.39, 0.29) is 11.1 Å². The molecule has 1 rings (SSSR count). The molecule has 0 bridgehead atoms. The van der Waals surface area contributed by atoms with Gasteiger partial charge in [0.05, 0.1) is 11.1 Å². The highest BCUT2D eigenvalue weighted by molar-refractivity contribution is 5.93. The van der Waals surface area contributed by atoms with Gasteiger partial charge in [-0.1, -0.05) is 0 Å². The van der Waals surface area contributed by atoms with E-state index in [0.717, 1.165) is 0 Å². The predicted octanol–water partition coefficient (Wildman–Crippen LogP) is 1.38. The van der Waals surface area contributed by atoms with Crippen molar-refractivity contribution in [1.82, 2.24) is 0 Å². The number of carboxylic acid groups (broad SMARTS) is 1. The standard InChI is InChI=1S/C10H7NO3/c1-6-2-7(4-11)9(10(13)14)3-8(6)5-12/h2-3,5H,1H3,(H,13,14). The normalized spacial score (nSPS) is 9.14. The van der Waals surface area contributed by atoms with Crippen LogP contribution in [0, 0.1) is 18.3 Å². The van der Waals surface area contributed by atoms with E-state index in [1.807, 2.05) is 0 Å². The summed E-state index contributed by atoms with van der Waals surface area (Å²) in [4.78, 5) is 21.2. The Balaban J connectivity index is 3.49. The fourth-order valence-corrected chi connectivity index (χ4v) is 1.12. The van der Waals surface area contributed by atoms with Crippen LogP contribution in [-0.4, -0.2) is 17.4 Å². The van der Waals surface area contributed by atoms with Gasteiger partial charge in [0.2, 0.25) is 0 Å². The second-order valence-corrected chi connectivity index (χ2v) is 2.79. The van der Waals surface area contributed by atoms with Crippen LogP contribution in [-0.2, 0) is 0 Å². The number of nitrogens with zero attached hydrogens (tertiary/aromatic N) is 1. The van der Waals surface area contributed by atoms with Gasteiger partial charge in [0.15, 0.2) is 0 Å². The van der Waals surface area contributed by atoms with Crippen LogP contribution in [0.5, 0.6) is 0 Å². The number of carboxylic acids is 1. The van der Waals surface area contributed by atoms with Gasteiger partial charge >= 0.3 is 5.97 Å². The molecule has 1 N–H and O–H groups in total. The first-order chi connectivity index (χ1) is 6.60. The quantitative estimate of drug-likeness (QED) is 0.713. The highest BCUT2D eigenvalue weighted by Crippen LogP contribution is 2.14. The number of nitriles is 1. The van der Waals surface area contributed by atoms with Gasteiger partial charge < -0.3 is 5.11 Å². The van der Waals surface area contributed by atoms with E-state index in [1.165, 1.54) is 12.1 Å². The Morgan fingerprint density at radius 3 is 2.64 bits per heavy atom. The summed E-state index contributed by atoms with van der Waals surface area (Å²) in [7, 11) is 0. The molecule has 0 saturated carbocycles. The Hall–Kier alpha value is -2.15. The lowest BCUT2D eigenvalue weighted by molar-refractivity contribution is 0.0696. The number of benzene rings is 1. The molecule has 0 radical (unpaired) electrons. The molecular formula is C10H7NO3. The first kappa shape index (κ1) is 9.93. The van der Waals surface area contributed by atoms with Crippen molar-refractivity contribution in [2.24, 2.45) is 0 Å². The first-order valence-corrected chi connectivity index (χ1v) is 3.83. The van der Waals surface area contributed by atoms with Crippen molar-refractivity contribution in [3.8, 4) is 6.07 Å². The van der Waals surface area contributed by atoms with Crippen LogP contribution in [0.1, 0.15) is 31.8 Å². The van der Waals surface area contributed by atoms with Crippen molar-refractivity contribution in [3.05, 3.63) is 34.4 Å². The van der Waals surface area contributed by atoms with E-state index in [4.69, 9.17) is 10.4 Å². The lowest BCUT2D eigenvalue weighted by Crippen LogP contribution is -2.02. The van der Waals surface area contributed by atoms with Crippen LogP contribution in [0.4, 0.5) is 0 Å². The molecule has 0 aliphatic rings. The fraction of sp³-hybridized carbons (Fsp3) is 0.100. The summed E-state index contributed by atoms with van der Waals surface area (Å²) in [6.45, 7) is 1.65. The summed E-state index contributed by atoms with van der Waals surface area (Å²) >= 11 is 0. The zero-order valence-corrected chi connectivity index (χ0v) is 7.44. The molecule has 4 nitrogen and oxygen atoms in total. The minimum absolute atomic E-state index is 0.0700. The van der Waals surface area contributed by atoms with Crippen LogP contribution in [0.25, 0.3) is 0 Å². The smallest absolute Gasteiger partial charge is 0.337 e. The largest absolute Gasteiger partial charge is 0.478 e. The van der Waals surface area contributed by atoms with E-state index in [0.29, 0.717) is 17.4 Å². The maximum absolute atomic E-state index is 10.7. The Morgan fingerprint density at radius 1 is 1.57 bits per heavy atom. The molecule has 1 aromatic carbocycles. The van der Waals surface area contributed by atoms with Crippen molar-refractivity contribution < 1.29 is 14.7 Å². The zero-order valence-electron chi connectivity index (χ0n) is 7.44. The molecule has 0 aliphatic carbocycles. The van der Waals surface area contributed by atoms with E-state index in [9.17, 15) is 9.59 Å². The number of carbonyl (C=O) groups is 2. The van der Waals surface area contributed by atoms with Crippen molar-refractivity contribution in [2.75, 3.05) is 0 Å². The average Bonchev–Trinajstić information content (AvgIpc) is 2.16. The van der Waals surface area contributed by atoms with Gasteiger partial charge in [-0.2, -0.15) is 5.26 Å². The molecule has 0 spiro atoms. The molecule has 4 heteroatoms. The Labute approximate surface area is 80.4 Å². The number of aromatic carboxylic acids is 1. The number of aryl methyl sites for hydroxylation is 1. The SMILES string of the molecule is Cc1cc(C#N)c(C(=O)O)cc1C=O. The molecule has 0 aromatic heterocycles. The monoisotopic (exact) mass is 189 g/mol. The molecule has 0 heterocycles. The molecule has 0 atom stereocenters. The second kappa shape index (κ2) is 3.71. The van der Waals surface area contributed by atoms with Crippen molar-refractivity contribution in [3.63, 3.8) is 0 Å². The average molecular weight is 189 g/mol. The summed E-state index contributed by atoms with van der Waals surface area (Å²) in [6.07, 6.45) is 0.572. The molecule has 0 aliphatic heterocycles. The summed E-state index contributed by atoms with van der Waals surface area (Å²) in [5.41, 5.74) is 0.823. The van der Waals surface area contributed by atoms with Gasteiger partial charge in [0.1, 0.15) is 12.4 Å². The van der Waals surface area contributed by atoms with E-state index in [1.54, 1.807) is 13.0 Å². The summed E-state index contributed by atoms with van der Waals surface area (Å²) < 4.78 is 0. The van der Waals surface area contributed by atoms with Crippen molar-refractivity contribution in [2.45, 2.75) is 6.92 Å². The Bertz CT molecular complexity index is 443. The van der Waals surface area contributed by atoms with Gasteiger partial charge in [-0.3, -0.25) is 4.79 Å². The maximum Gasteiger partial charge on any atom is 0.337 e. The second-order valence-electron chi connectivity index (χ2n) is 2.79. The third-order valence-electron chi connectivity index (χ3n) is 1.88. The van der Waals surface area contributed by atoms with Crippen LogP contribution >= 0.6 is 0 Å². The van der Waals surface area contributed by atoms with E-state index in [2.05, 4.69) is 0 Å². The molecular weight excluding hydrogens is 182 g/mol. The van der Waals surface area contributed by atoms with Crippen LogP contribution in [0.3, 0.4) is 0 Å². The highest BCUT2D eigenvalue weighted by Gasteiger charge is 2.12. The summed E-state index contributed by atoms with van der Waals surface area (Å²) in [6, 6.07) is 4.38. The lowest BCUT2D eigenvalue weighted by atomic mass is 10.0. The maximum atomic E-state index is 10.7. The molecule has 0 saturated heterocycles. The minimum atomic E-state index is -1.20. The minimum Gasteiger partial charge on any atom is -0.478 e. The van der Waals surface area contributed by atoms with Crippen LogP contribution in [0.15, 0.2) is 12.1 Å². The van der Waals surface area contributed by atoms with Gasteiger partial charge in [0.25, 0.3) is 0 Å². The topological polar surface area (TPSA) is 78.2 Å². The first-order valence-electron chi connectivity index (χ1n) is 3.83. The predicted molar refractivity (Wildman–Crippen MR) is 48.2 cm³/mol. The lowest BCUT2D eigenvalue weighted by Gasteiger charge is -2.02. The number of hydrogen-bond acceptors (Lipinski definition) is 3. The van der Waals surface area contributed by atoms with Crippen molar-refractivity contribution in [1.29, 1.82) is 5.26 Å². The van der Waals surface area contributed by atoms with Gasteiger partial charge in [0, 0.05) is 5.56 Å². The molecule has 14 heavy (non-hydrogen) atoms. The van der Waals surface area contributed by atoms with Gasteiger partial charge in [-0.15, -0.1) is 0 Å². The highest BCUT2D eigenvalue weighted by atomic mass is 16.4. The third kappa shape index (κ3) is 1.62. The Morgan fingerprint density at radius 2 is 2.21 bits per heavy atom. The molecule has 0 unspecified atom stereocenters. The molecule has 0 amide bonds. The molecule has 70 valence electrons.